The van der Waals surface area contributed by atoms with Gasteiger partial charge in [-0.25, -0.2) is 0 Å². The minimum atomic E-state index is 0.395. The number of nitrogens with zero attached hydrogens (tertiary/aromatic N) is 1. The molecule has 3 rings (SSSR count). The highest BCUT2D eigenvalue weighted by Gasteiger charge is 2.40. The maximum Gasteiger partial charge on any atom is 0.157 e. The van der Waals surface area contributed by atoms with Crippen molar-refractivity contribution in [3.05, 3.63) is 0 Å². The molecule has 2 unspecified atom stereocenters. The van der Waals surface area contributed by atoms with Gasteiger partial charge in [0.05, 0.1) is 0 Å². The van der Waals surface area contributed by atoms with Crippen molar-refractivity contribution in [2.45, 2.75) is 76.7 Å². The molecule has 1 N–H and O–H groups in total. The number of nitrogens with one attached hydrogen (secondary N) is 1. The van der Waals surface area contributed by atoms with E-state index in [9.17, 15) is 0 Å². The fraction of sp³-hybridized carbons (Fsp3) is 0.941. The van der Waals surface area contributed by atoms with Crippen molar-refractivity contribution >= 4 is 16.9 Å². The van der Waals surface area contributed by atoms with Gasteiger partial charge in [-0.3, -0.25) is 4.99 Å². The van der Waals surface area contributed by atoms with Crippen LogP contribution in [-0.4, -0.2) is 23.0 Å². The fourth-order valence-electron chi connectivity index (χ4n) is 4.35. The molecular formula is C17H30N2S. The maximum absolute atomic E-state index is 4.83. The van der Waals surface area contributed by atoms with Crippen molar-refractivity contribution in [1.29, 1.82) is 0 Å². The van der Waals surface area contributed by atoms with Crippen molar-refractivity contribution in [2.24, 2.45) is 16.8 Å². The van der Waals surface area contributed by atoms with E-state index < -0.39 is 0 Å². The van der Waals surface area contributed by atoms with Crippen molar-refractivity contribution in [2.75, 3.05) is 12.3 Å². The van der Waals surface area contributed by atoms with E-state index >= 15 is 0 Å². The molecule has 2 saturated carbocycles. The van der Waals surface area contributed by atoms with Gasteiger partial charge >= 0.3 is 0 Å². The van der Waals surface area contributed by atoms with Gasteiger partial charge in [0.25, 0.3) is 0 Å². The summed E-state index contributed by atoms with van der Waals surface area (Å²) in [5, 5.41) is 5.02. The quantitative estimate of drug-likeness (QED) is 0.766. The first-order chi connectivity index (χ1) is 9.76. The first-order valence-electron chi connectivity index (χ1n) is 8.71. The third-order valence-corrected chi connectivity index (χ3v) is 6.65. The molecule has 0 amide bonds. The molecule has 1 saturated heterocycles. The zero-order valence-electron chi connectivity index (χ0n) is 13.0. The number of rotatable bonds is 4. The van der Waals surface area contributed by atoms with Crippen LogP contribution in [0.3, 0.4) is 0 Å². The average Bonchev–Trinajstić information content (AvgIpc) is 3.05. The molecule has 3 heteroatoms. The Morgan fingerprint density at radius 3 is 2.90 bits per heavy atom. The van der Waals surface area contributed by atoms with Gasteiger partial charge in [-0.2, -0.15) is 0 Å². The molecule has 3 aliphatic rings. The number of aliphatic imine (C=N–C) groups is 1. The summed E-state index contributed by atoms with van der Waals surface area (Å²) >= 11 is 1.97. The molecule has 2 aliphatic carbocycles. The zero-order chi connectivity index (χ0) is 13.8. The highest BCUT2D eigenvalue weighted by atomic mass is 32.2. The van der Waals surface area contributed by atoms with Crippen LogP contribution in [0.2, 0.25) is 0 Å². The van der Waals surface area contributed by atoms with Gasteiger partial charge in [-0.1, -0.05) is 57.2 Å². The van der Waals surface area contributed by atoms with E-state index in [-0.39, 0.29) is 0 Å². The lowest BCUT2D eigenvalue weighted by Crippen LogP contribution is -2.47. The van der Waals surface area contributed by atoms with E-state index in [1.54, 1.807) is 0 Å². The van der Waals surface area contributed by atoms with Crippen LogP contribution >= 0.6 is 11.8 Å². The number of amidine groups is 1. The number of hydrogen-bond acceptors (Lipinski definition) is 2. The summed E-state index contributed by atoms with van der Waals surface area (Å²) in [4.78, 5) is 4.83. The Bertz CT molecular complexity index is 349. The van der Waals surface area contributed by atoms with Crippen LogP contribution in [0.25, 0.3) is 0 Å². The van der Waals surface area contributed by atoms with Crippen LogP contribution in [0.4, 0.5) is 0 Å². The van der Waals surface area contributed by atoms with Crippen molar-refractivity contribution < 1.29 is 0 Å². The van der Waals surface area contributed by atoms with Crippen LogP contribution < -0.4 is 5.32 Å². The van der Waals surface area contributed by atoms with Gasteiger partial charge in [0.15, 0.2) is 5.17 Å². The molecule has 0 aromatic rings. The van der Waals surface area contributed by atoms with Crippen LogP contribution in [-0.2, 0) is 0 Å². The van der Waals surface area contributed by atoms with E-state index in [4.69, 9.17) is 4.99 Å². The molecule has 1 spiro atoms. The summed E-state index contributed by atoms with van der Waals surface area (Å²) in [6.07, 6.45) is 14.1. The van der Waals surface area contributed by atoms with Crippen molar-refractivity contribution in [3.8, 4) is 0 Å². The number of hydrogen-bond donors (Lipinski definition) is 1. The maximum atomic E-state index is 4.83. The zero-order valence-corrected chi connectivity index (χ0v) is 13.8. The Kier molecular flexibility index (Phi) is 4.95. The van der Waals surface area contributed by atoms with E-state index in [1.807, 2.05) is 11.8 Å². The molecule has 1 heterocycles. The molecule has 0 aromatic carbocycles. The summed E-state index contributed by atoms with van der Waals surface area (Å²) in [7, 11) is 0. The Morgan fingerprint density at radius 2 is 2.10 bits per heavy atom. The lowest BCUT2D eigenvalue weighted by atomic mass is 9.78. The standard InChI is InChI=1S/C17H30N2S/c1-14-6-4-10-17(12-14)13-20-16(19-17)18-11-5-9-15-7-2-3-8-15/h14-15H,2-13H2,1H3,(H,18,19). The van der Waals surface area contributed by atoms with Crippen molar-refractivity contribution in [3.63, 3.8) is 0 Å². The second-order valence-corrected chi connectivity index (χ2v) is 8.34. The Labute approximate surface area is 128 Å². The first-order valence-corrected chi connectivity index (χ1v) is 9.70. The average molecular weight is 295 g/mol. The molecule has 1 aliphatic heterocycles. The minimum Gasteiger partial charge on any atom is -0.359 e. The molecule has 2 atom stereocenters. The molecule has 20 heavy (non-hydrogen) atoms. The summed E-state index contributed by atoms with van der Waals surface area (Å²) in [6.45, 7) is 3.45. The monoisotopic (exact) mass is 294 g/mol. The van der Waals surface area contributed by atoms with Crippen LogP contribution in [0.15, 0.2) is 4.99 Å². The van der Waals surface area contributed by atoms with Crippen LogP contribution in [0, 0.1) is 11.8 Å². The largest absolute Gasteiger partial charge is 0.359 e. The Morgan fingerprint density at radius 1 is 1.25 bits per heavy atom. The SMILES string of the molecule is CC1CCCC2(CSC(=NCCCC3CCCC3)N2)C1. The fourth-order valence-corrected chi connectivity index (χ4v) is 5.57. The van der Waals surface area contributed by atoms with Crippen molar-refractivity contribution in [1.82, 2.24) is 5.32 Å². The first kappa shape index (κ1) is 14.7. The normalized spacial score (nSPS) is 36.9. The van der Waals surface area contributed by atoms with E-state index in [1.165, 1.54) is 75.1 Å². The predicted octanol–water partition coefficient (Wildman–Crippen LogP) is 4.60. The third kappa shape index (κ3) is 3.72. The van der Waals surface area contributed by atoms with Crippen LogP contribution in [0.5, 0.6) is 0 Å². The smallest absolute Gasteiger partial charge is 0.157 e. The molecule has 3 fully saturated rings. The second kappa shape index (κ2) is 6.72. The van der Waals surface area contributed by atoms with Gasteiger partial charge < -0.3 is 5.32 Å². The third-order valence-electron chi connectivity index (χ3n) is 5.45. The van der Waals surface area contributed by atoms with Gasteiger partial charge in [0.2, 0.25) is 0 Å². The summed E-state index contributed by atoms with van der Waals surface area (Å²) in [6, 6.07) is 0. The molecule has 0 aromatic heterocycles. The molecule has 0 bridgehead atoms. The number of thioether (sulfide) groups is 1. The minimum absolute atomic E-state index is 0.395. The van der Waals surface area contributed by atoms with E-state index in [2.05, 4.69) is 12.2 Å². The molecule has 2 nitrogen and oxygen atoms in total. The van der Waals surface area contributed by atoms with Gasteiger partial charge in [0.1, 0.15) is 0 Å². The molecular weight excluding hydrogens is 264 g/mol. The molecule has 114 valence electrons. The van der Waals surface area contributed by atoms with Gasteiger partial charge in [-0.15, -0.1) is 0 Å². The highest BCUT2D eigenvalue weighted by molar-refractivity contribution is 8.14. The highest BCUT2D eigenvalue weighted by Crippen LogP contribution is 2.38. The topological polar surface area (TPSA) is 24.4 Å². The lowest BCUT2D eigenvalue weighted by Gasteiger charge is -2.36. The summed E-state index contributed by atoms with van der Waals surface area (Å²) < 4.78 is 0. The second-order valence-electron chi connectivity index (χ2n) is 7.38. The van der Waals surface area contributed by atoms with Gasteiger partial charge in [0, 0.05) is 17.8 Å². The van der Waals surface area contributed by atoms with Crippen LogP contribution in [0.1, 0.15) is 71.1 Å². The van der Waals surface area contributed by atoms with Gasteiger partial charge in [-0.05, 0) is 37.5 Å². The summed E-state index contributed by atoms with van der Waals surface area (Å²) in [5.41, 5.74) is 0.395. The van der Waals surface area contributed by atoms with E-state index in [0.717, 1.165) is 18.4 Å². The predicted molar refractivity (Wildman–Crippen MR) is 89.5 cm³/mol. The van der Waals surface area contributed by atoms with E-state index in [0.29, 0.717) is 5.54 Å². The lowest BCUT2D eigenvalue weighted by molar-refractivity contribution is 0.242. The Balaban J connectivity index is 1.41. The molecule has 0 radical (unpaired) electrons. The summed E-state index contributed by atoms with van der Waals surface area (Å²) in [5.74, 6) is 3.15. The Hall–Kier alpha value is -0.180.